The smallest absolute Gasteiger partial charge is 0.406 e. The van der Waals surface area contributed by atoms with Gasteiger partial charge in [0.15, 0.2) is 0 Å². The fourth-order valence-electron chi connectivity index (χ4n) is 1.96. The van der Waals surface area contributed by atoms with Crippen LogP contribution in [0.1, 0.15) is 12.5 Å². The molecule has 2 nitrogen and oxygen atoms in total. The molecule has 2 aromatic rings. The molecule has 5 heteroatoms. The second kappa shape index (κ2) is 6.63. The third kappa shape index (κ3) is 4.79. The van der Waals surface area contributed by atoms with Crippen molar-refractivity contribution in [1.29, 1.82) is 0 Å². The van der Waals surface area contributed by atoms with E-state index in [9.17, 15) is 13.2 Å². The van der Waals surface area contributed by atoms with Crippen LogP contribution in [0.2, 0.25) is 0 Å². The van der Waals surface area contributed by atoms with Gasteiger partial charge in [-0.1, -0.05) is 43.3 Å². The van der Waals surface area contributed by atoms with Gasteiger partial charge in [-0.3, -0.25) is 0 Å². The van der Waals surface area contributed by atoms with Crippen LogP contribution in [0.25, 0.3) is 11.1 Å². The Hall–Kier alpha value is -2.01. The monoisotopic (exact) mass is 295 g/mol. The number of alkyl halides is 3. The Morgan fingerprint density at radius 2 is 1.71 bits per heavy atom. The van der Waals surface area contributed by atoms with Gasteiger partial charge in [0.1, 0.15) is 5.75 Å². The van der Waals surface area contributed by atoms with Gasteiger partial charge in [0.05, 0.1) is 0 Å². The van der Waals surface area contributed by atoms with Crippen molar-refractivity contribution in [3.8, 4) is 16.9 Å². The highest BCUT2D eigenvalue weighted by Crippen LogP contribution is 2.28. The summed E-state index contributed by atoms with van der Waals surface area (Å²) in [5.74, 6) is -0.211. The van der Waals surface area contributed by atoms with E-state index >= 15 is 0 Å². The minimum atomic E-state index is -4.67. The Kier molecular flexibility index (Phi) is 4.85. The Morgan fingerprint density at radius 1 is 1.00 bits per heavy atom. The zero-order valence-electron chi connectivity index (χ0n) is 11.6. The molecule has 2 rings (SSSR count). The molecule has 0 amide bonds. The molecule has 0 aromatic heterocycles. The number of halogens is 3. The number of rotatable bonds is 5. The summed E-state index contributed by atoms with van der Waals surface area (Å²) in [6.07, 6.45) is -4.67. The van der Waals surface area contributed by atoms with Crippen molar-refractivity contribution in [2.75, 3.05) is 6.54 Å². The van der Waals surface area contributed by atoms with Gasteiger partial charge in [0, 0.05) is 6.54 Å². The molecule has 0 radical (unpaired) electrons. The van der Waals surface area contributed by atoms with Gasteiger partial charge in [-0.2, -0.15) is 0 Å². The third-order valence-electron chi connectivity index (χ3n) is 2.93. The highest BCUT2D eigenvalue weighted by Gasteiger charge is 2.31. The average Bonchev–Trinajstić information content (AvgIpc) is 2.44. The molecule has 0 saturated heterocycles. The second-order valence-corrected chi connectivity index (χ2v) is 4.55. The van der Waals surface area contributed by atoms with Crippen LogP contribution < -0.4 is 10.1 Å². The summed E-state index contributed by atoms with van der Waals surface area (Å²) in [4.78, 5) is 0. The topological polar surface area (TPSA) is 21.3 Å². The predicted octanol–water partition coefficient (Wildman–Crippen LogP) is 4.36. The van der Waals surface area contributed by atoms with Crippen molar-refractivity contribution in [2.45, 2.75) is 19.8 Å². The lowest BCUT2D eigenvalue weighted by Gasteiger charge is -2.10. The standard InChI is InChI=1S/C16H16F3NO/c1-2-20-11-12-6-8-13(9-7-12)14-4-3-5-15(10-14)21-16(17,18)19/h3-10,20H,2,11H2,1H3. The minimum absolute atomic E-state index is 0.211. The van der Waals surface area contributed by atoms with Crippen molar-refractivity contribution >= 4 is 0 Å². The van der Waals surface area contributed by atoms with Gasteiger partial charge in [-0.15, -0.1) is 13.2 Å². The zero-order chi connectivity index (χ0) is 15.3. The van der Waals surface area contributed by atoms with Crippen LogP contribution in [0.15, 0.2) is 48.5 Å². The summed E-state index contributed by atoms with van der Waals surface area (Å²) in [7, 11) is 0. The average molecular weight is 295 g/mol. The normalized spacial score (nSPS) is 11.4. The maximum atomic E-state index is 12.2. The molecule has 0 aliphatic carbocycles. The summed E-state index contributed by atoms with van der Waals surface area (Å²) in [6.45, 7) is 3.69. The van der Waals surface area contributed by atoms with Crippen LogP contribution in [-0.4, -0.2) is 12.9 Å². The molecule has 21 heavy (non-hydrogen) atoms. The Balaban J connectivity index is 2.16. The van der Waals surface area contributed by atoms with E-state index in [-0.39, 0.29) is 5.75 Å². The van der Waals surface area contributed by atoms with E-state index < -0.39 is 6.36 Å². The molecular weight excluding hydrogens is 279 g/mol. The van der Waals surface area contributed by atoms with Crippen LogP contribution >= 0.6 is 0 Å². The van der Waals surface area contributed by atoms with Crippen molar-refractivity contribution in [2.24, 2.45) is 0 Å². The molecule has 2 aromatic carbocycles. The first-order chi connectivity index (χ1) is 9.98. The lowest BCUT2D eigenvalue weighted by atomic mass is 10.0. The van der Waals surface area contributed by atoms with Crippen LogP contribution in [0.3, 0.4) is 0 Å². The van der Waals surface area contributed by atoms with Gasteiger partial charge in [-0.05, 0) is 35.4 Å². The summed E-state index contributed by atoms with van der Waals surface area (Å²) in [6, 6.07) is 13.7. The number of nitrogens with one attached hydrogen (secondary N) is 1. The first-order valence-electron chi connectivity index (χ1n) is 6.64. The van der Waals surface area contributed by atoms with Crippen LogP contribution in [-0.2, 0) is 6.54 Å². The van der Waals surface area contributed by atoms with Crippen molar-refractivity contribution in [3.63, 3.8) is 0 Å². The molecule has 0 spiro atoms. The van der Waals surface area contributed by atoms with Gasteiger partial charge in [-0.25, -0.2) is 0 Å². The molecule has 0 atom stereocenters. The van der Waals surface area contributed by atoms with E-state index in [0.29, 0.717) is 5.56 Å². The molecule has 1 N–H and O–H groups in total. The lowest BCUT2D eigenvalue weighted by Crippen LogP contribution is -2.17. The molecule has 0 aliphatic rings. The Bertz CT molecular complexity index is 579. The van der Waals surface area contributed by atoms with Gasteiger partial charge in [0.25, 0.3) is 0 Å². The molecule has 0 unspecified atom stereocenters. The lowest BCUT2D eigenvalue weighted by molar-refractivity contribution is -0.274. The van der Waals surface area contributed by atoms with E-state index in [2.05, 4.69) is 10.1 Å². The fraction of sp³-hybridized carbons (Fsp3) is 0.250. The summed E-state index contributed by atoms with van der Waals surface area (Å²) < 4.78 is 40.6. The third-order valence-corrected chi connectivity index (χ3v) is 2.93. The maximum Gasteiger partial charge on any atom is 0.573 e. The van der Waals surface area contributed by atoms with Crippen molar-refractivity contribution in [3.05, 3.63) is 54.1 Å². The van der Waals surface area contributed by atoms with Crippen LogP contribution in [0, 0.1) is 0 Å². The fourth-order valence-corrected chi connectivity index (χ4v) is 1.96. The number of hydrogen-bond acceptors (Lipinski definition) is 2. The van der Waals surface area contributed by atoms with E-state index in [1.165, 1.54) is 12.1 Å². The Labute approximate surface area is 121 Å². The first-order valence-corrected chi connectivity index (χ1v) is 6.64. The molecule has 112 valence electrons. The highest BCUT2D eigenvalue weighted by atomic mass is 19.4. The molecule has 0 aliphatic heterocycles. The molecule has 0 heterocycles. The summed E-state index contributed by atoms with van der Waals surface area (Å²) in [5, 5.41) is 3.21. The minimum Gasteiger partial charge on any atom is -0.406 e. The van der Waals surface area contributed by atoms with E-state index in [4.69, 9.17) is 0 Å². The van der Waals surface area contributed by atoms with E-state index in [1.54, 1.807) is 12.1 Å². The first kappa shape index (κ1) is 15.4. The SMILES string of the molecule is CCNCc1ccc(-c2cccc(OC(F)(F)F)c2)cc1. The molecule has 0 fully saturated rings. The van der Waals surface area contributed by atoms with E-state index in [1.807, 2.05) is 31.2 Å². The second-order valence-electron chi connectivity index (χ2n) is 4.55. The van der Waals surface area contributed by atoms with Crippen LogP contribution in [0.5, 0.6) is 5.75 Å². The van der Waals surface area contributed by atoms with Crippen molar-refractivity contribution < 1.29 is 17.9 Å². The highest BCUT2D eigenvalue weighted by molar-refractivity contribution is 5.65. The van der Waals surface area contributed by atoms with Gasteiger partial charge < -0.3 is 10.1 Å². The summed E-state index contributed by atoms with van der Waals surface area (Å²) in [5.41, 5.74) is 2.66. The van der Waals surface area contributed by atoms with E-state index in [0.717, 1.165) is 24.2 Å². The predicted molar refractivity (Wildman–Crippen MR) is 75.9 cm³/mol. The quantitative estimate of drug-likeness (QED) is 0.885. The maximum absolute atomic E-state index is 12.2. The largest absolute Gasteiger partial charge is 0.573 e. The van der Waals surface area contributed by atoms with Gasteiger partial charge >= 0.3 is 6.36 Å². The molecule has 0 bridgehead atoms. The molecule has 0 saturated carbocycles. The zero-order valence-corrected chi connectivity index (χ0v) is 11.6. The van der Waals surface area contributed by atoms with Crippen LogP contribution in [0.4, 0.5) is 13.2 Å². The van der Waals surface area contributed by atoms with Crippen molar-refractivity contribution in [1.82, 2.24) is 5.32 Å². The summed E-state index contributed by atoms with van der Waals surface area (Å²) >= 11 is 0. The number of hydrogen-bond donors (Lipinski definition) is 1. The Morgan fingerprint density at radius 3 is 2.33 bits per heavy atom. The van der Waals surface area contributed by atoms with Gasteiger partial charge in [0.2, 0.25) is 0 Å². The molecular formula is C16H16F3NO. The number of ether oxygens (including phenoxy) is 1. The number of benzene rings is 2.